The molecule has 0 N–H and O–H groups in total. The average Bonchev–Trinajstić information content (AvgIpc) is 2.82. The van der Waals surface area contributed by atoms with Gasteiger partial charge in [0.25, 0.3) is 0 Å². The van der Waals surface area contributed by atoms with Gasteiger partial charge in [-0.2, -0.15) is 4.57 Å². The Bertz CT molecular complexity index is 785. The molecule has 1 heterocycles. The van der Waals surface area contributed by atoms with E-state index in [-0.39, 0.29) is 18.1 Å². The van der Waals surface area contributed by atoms with E-state index in [1.54, 1.807) is 4.57 Å². The molecule has 1 aromatic carbocycles. The predicted octanol–water partition coefficient (Wildman–Crippen LogP) is 7.52. The van der Waals surface area contributed by atoms with Crippen molar-refractivity contribution in [3.63, 3.8) is 0 Å². The van der Waals surface area contributed by atoms with Gasteiger partial charge in [0, 0.05) is 24.1 Å². The van der Waals surface area contributed by atoms with Crippen molar-refractivity contribution < 1.29 is 14.2 Å². The fourth-order valence-corrected chi connectivity index (χ4v) is 4.17. The van der Waals surface area contributed by atoms with Crippen molar-refractivity contribution in [2.75, 3.05) is 0 Å². The third-order valence-corrected chi connectivity index (χ3v) is 6.14. The van der Waals surface area contributed by atoms with Gasteiger partial charge in [-0.15, -0.1) is 0 Å². The molecular weight excluding hydrogens is 394 g/mol. The molecule has 174 valence electrons. The van der Waals surface area contributed by atoms with Crippen LogP contribution in [0.2, 0.25) is 0 Å². The fourth-order valence-electron chi connectivity index (χ4n) is 4.17. The lowest BCUT2D eigenvalue weighted by Gasteiger charge is -2.04. The first-order valence-corrected chi connectivity index (χ1v) is 12.8. The second kappa shape index (κ2) is 16.4. The van der Waals surface area contributed by atoms with Crippen molar-refractivity contribution in [3.8, 4) is 0 Å². The number of hydrogen-bond acceptors (Lipinski definition) is 2. The Labute approximate surface area is 195 Å². The van der Waals surface area contributed by atoms with E-state index in [2.05, 4.69) is 6.92 Å². The van der Waals surface area contributed by atoms with Crippen LogP contribution in [0.15, 0.2) is 54.7 Å². The maximum atomic E-state index is 12.8. The highest BCUT2D eigenvalue weighted by atomic mass is 16.1. The number of Topliss-reactive ketones (excluding diaryl/α,β-unsaturated/α-hetero) is 2. The fraction of sp³-hybridized carbons (Fsp3) is 0.552. The first kappa shape index (κ1) is 26.0. The first-order valence-electron chi connectivity index (χ1n) is 12.8. The molecule has 0 fully saturated rings. The minimum atomic E-state index is 0.0248. The summed E-state index contributed by atoms with van der Waals surface area (Å²) in [5.41, 5.74) is 1.31. The van der Waals surface area contributed by atoms with E-state index < -0.39 is 0 Å². The van der Waals surface area contributed by atoms with Gasteiger partial charge in [-0.05, 0) is 12.5 Å². The Morgan fingerprint density at radius 3 is 1.75 bits per heavy atom. The van der Waals surface area contributed by atoms with E-state index in [1.807, 2.05) is 54.7 Å². The number of pyridine rings is 1. The Morgan fingerprint density at radius 2 is 1.16 bits per heavy atom. The largest absolute Gasteiger partial charge is 0.287 e. The van der Waals surface area contributed by atoms with Crippen LogP contribution in [-0.4, -0.2) is 11.6 Å². The number of carbonyl (C=O) groups is 2. The van der Waals surface area contributed by atoms with E-state index in [0.717, 1.165) is 12.8 Å². The molecule has 0 saturated carbocycles. The lowest BCUT2D eigenvalue weighted by Crippen LogP contribution is -2.43. The highest BCUT2D eigenvalue weighted by Gasteiger charge is 2.21. The van der Waals surface area contributed by atoms with Gasteiger partial charge in [-0.3, -0.25) is 9.59 Å². The van der Waals surface area contributed by atoms with Crippen LogP contribution in [-0.2, 0) is 6.54 Å². The van der Waals surface area contributed by atoms with Gasteiger partial charge in [0.05, 0.1) is 0 Å². The average molecular weight is 437 g/mol. The molecule has 2 aromatic rings. The van der Waals surface area contributed by atoms with Crippen LogP contribution in [0.4, 0.5) is 0 Å². The third-order valence-electron chi connectivity index (χ3n) is 6.14. The Hall–Kier alpha value is -2.29. The molecule has 0 radical (unpaired) electrons. The summed E-state index contributed by atoms with van der Waals surface area (Å²) in [5.74, 6) is 0.159. The zero-order chi connectivity index (χ0) is 22.9. The topological polar surface area (TPSA) is 38.0 Å². The Balaban J connectivity index is 1.60. The zero-order valence-corrected chi connectivity index (χ0v) is 20.1. The minimum absolute atomic E-state index is 0.0248. The molecule has 32 heavy (non-hydrogen) atoms. The highest BCUT2D eigenvalue weighted by Crippen LogP contribution is 2.13. The molecule has 0 aliphatic carbocycles. The summed E-state index contributed by atoms with van der Waals surface area (Å²) in [5, 5.41) is 0. The maximum absolute atomic E-state index is 12.8. The number of hydrogen-bond donors (Lipinski definition) is 0. The summed E-state index contributed by atoms with van der Waals surface area (Å²) in [6.07, 6.45) is 19.3. The molecule has 0 amide bonds. The molecule has 1 aromatic heterocycles. The van der Waals surface area contributed by atoms with Crippen LogP contribution in [0.5, 0.6) is 0 Å². The van der Waals surface area contributed by atoms with E-state index in [4.69, 9.17) is 0 Å². The van der Waals surface area contributed by atoms with Gasteiger partial charge in [0.1, 0.15) is 0 Å². The molecule has 0 aliphatic rings. The molecule has 3 heteroatoms. The monoisotopic (exact) mass is 436 g/mol. The molecule has 0 bridgehead atoms. The second-order valence-electron chi connectivity index (χ2n) is 8.92. The standard InChI is InChI=1S/C29H42NO2/c1-2-3-4-5-6-7-8-9-10-11-12-13-17-23-28(31)27-22-18-19-24-30(27)25-29(32)26-20-15-14-16-21-26/h14-16,18-22,24H,2-13,17,23,25H2,1H3/q+1. The number of nitrogens with zero attached hydrogens (tertiary/aromatic N) is 1. The Morgan fingerprint density at radius 1 is 0.625 bits per heavy atom. The summed E-state index contributed by atoms with van der Waals surface area (Å²) in [4.78, 5) is 25.3. The molecule has 0 saturated heterocycles. The molecule has 2 rings (SSSR count). The van der Waals surface area contributed by atoms with E-state index in [1.165, 1.54) is 70.6 Å². The SMILES string of the molecule is CCCCCCCCCCCCCCCC(=O)c1cccc[n+]1CC(=O)c1ccccc1. The lowest BCUT2D eigenvalue weighted by atomic mass is 10.0. The molecule has 3 nitrogen and oxygen atoms in total. The van der Waals surface area contributed by atoms with Gasteiger partial charge in [-0.25, -0.2) is 0 Å². The summed E-state index contributed by atoms with van der Waals surface area (Å²) in [7, 11) is 0. The van der Waals surface area contributed by atoms with Crippen LogP contribution in [0, 0.1) is 0 Å². The maximum Gasteiger partial charge on any atom is 0.249 e. The van der Waals surface area contributed by atoms with Crippen LogP contribution >= 0.6 is 0 Å². The molecule has 0 aliphatic heterocycles. The van der Waals surface area contributed by atoms with Gasteiger partial charge in [0.15, 0.2) is 6.20 Å². The minimum Gasteiger partial charge on any atom is -0.287 e. The number of rotatable bonds is 18. The van der Waals surface area contributed by atoms with Gasteiger partial charge < -0.3 is 0 Å². The molecular formula is C29H42NO2+. The number of unbranched alkanes of at least 4 members (excludes halogenated alkanes) is 12. The van der Waals surface area contributed by atoms with Crippen molar-refractivity contribution in [1.29, 1.82) is 0 Å². The number of benzene rings is 1. The normalized spacial score (nSPS) is 10.9. The second-order valence-corrected chi connectivity index (χ2v) is 8.92. The van der Waals surface area contributed by atoms with Crippen molar-refractivity contribution in [2.45, 2.75) is 103 Å². The van der Waals surface area contributed by atoms with Crippen LogP contribution < -0.4 is 4.57 Å². The quantitative estimate of drug-likeness (QED) is 0.138. The summed E-state index contributed by atoms with van der Waals surface area (Å²) in [6, 6.07) is 14.9. The summed E-state index contributed by atoms with van der Waals surface area (Å²) >= 11 is 0. The van der Waals surface area contributed by atoms with E-state index in [0.29, 0.717) is 17.7 Å². The van der Waals surface area contributed by atoms with Gasteiger partial charge in [0.2, 0.25) is 23.8 Å². The van der Waals surface area contributed by atoms with Crippen molar-refractivity contribution in [2.24, 2.45) is 0 Å². The smallest absolute Gasteiger partial charge is 0.249 e. The van der Waals surface area contributed by atoms with Crippen LogP contribution in [0.1, 0.15) is 118 Å². The predicted molar refractivity (Wildman–Crippen MR) is 132 cm³/mol. The van der Waals surface area contributed by atoms with Crippen molar-refractivity contribution in [1.82, 2.24) is 0 Å². The zero-order valence-electron chi connectivity index (χ0n) is 20.1. The number of aromatic nitrogens is 1. The number of carbonyl (C=O) groups excluding carboxylic acids is 2. The van der Waals surface area contributed by atoms with Crippen LogP contribution in [0.25, 0.3) is 0 Å². The van der Waals surface area contributed by atoms with E-state index >= 15 is 0 Å². The highest BCUT2D eigenvalue weighted by molar-refractivity contribution is 5.96. The summed E-state index contributed by atoms with van der Waals surface area (Å²) in [6.45, 7) is 2.47. The van der Waals surface area contributed by atoms with Crippen LogP contribution in [0.3, 0.4) is 0 Å². The summed E-state index contributed by atoms with van der Waals surface area (Å²) < 4.78 is 1.79. The molecule has 0 spiro atoms. The molecule has 0 unspecified atom stereocenters. The van der Waals surface area contributed by atoms with E-state index in [9.17, 15) is 9.59 Å². The number of ketones is 2. The third kappa shape index (κ3) is 10.3. The van der Waals surface area contributed by atoms with Crippen molar-refractivity contribution in [3.05, 3.63) is 66.0 Å². The first-order chi connectivity index (χ1) is 15.7. The lowest BCUT2D eigenvalue weighted by molar-refractivity contribution is -0.685. The van der Waals surface area contributed by atoms with Gasteiger partial charge in [-0.1, -0.05) is 114 Å². The van der Waals surface area contributed by atoms with Gasteiger partial charge >= 0.3 is 0 Å². The Kier molecular flexibility index (Phi) is 13.3. The molecule has 0 atom stereocenters. The van der Waals surface area contributed by atoms with Crippen molar-refractivity contribution >= 4 is 11.6 Å².